The number of aryl methyl sites for hydroxylation is 2. The van der Waals surface area contributed by atoms with Gasteiger partial charge in [0.1, 0.15) is 0 Å². The zero-order valence-corrected chi connectivity index (χ0v) is 11.8. The molecule has 0 saturated carbocycles. The largest absolute Gasteiger partial charge is 1.00 e. The molecule has 0 aromatic carbocycles. The van der Waals surface area contributed by atoms with Gasteiger partial charge >= 0.3 is 0 Å². The normalized spacial score (nSPS) is 15.0. The Hall–Kier alpha value is -0.980. The second-order valence-electron chi connectivity index (χ2n) is 3.94. The number of hydrogen-bond acceptors (Lipinski definition) is 2. The molecule has 4 nitrogen and oxygen atoms in total. The Morgan fingerprint density at radius 2 is 1.62 bits per heavy atom. The van der Waals surface area contributed by atoms with Gasteiger partial charge < -0.3 is 24.0 Å². The topological polar surface area (TPSA) is 43.0 Å². The molecule has 0 aliphatic heterocycles. The smallest absolute Gasteiger partial charge is 0.244 e. The Bertz CT molecular complexity index is 482. The van der Waals surface area contributed by atoms with Gasteiger partial charge in [-0.25, -0.2) is 9.13 Å². The summed E-state index contributed by atoms with van der Waals surface area (Å²) in [5.74, 6) is -0.101. The number of rotatable bonds is 0. The number of aromatic nitrogens is 2. The average molecular weight is 332 g/mol. The van der Waals surface area contributed by atoms with Gasteiger partial charge in [-0.15, -0.1) is 0 Å². The number of nitrogens with zero attached hydrogens (tertiary/aromatic N) is 2. The first-order valence-electron chi connectivity index (χ1n) is 4.77. The molecule has 2 rings (SSSR count). The quantitative estimate of drug-likeness (QED) is 0.392. The third kappa shape index (κ3) is 1.53. The lowest BCUT2D eigenvalue weighted by atomic mass is 9.92. The molecular weight excluding hydrogens is 319 g/mol. The molecule has 1 heterocycles. The third-order valence-corrected chi connectivity index (χ3v) is 2.95. The van der Waals surface area contributed by atoms with E-state index in [2.05, 4.69) is 0 Å². The van der Waals surface area contributed by atoms with Crippen LogP contribution in [-0.2, 0) is 14.1 Å². The van der Waals surface area contributed by atoms with E-state index < -0.39 is 0 Å². The number of imidazole rings is 1. The summed E-state index contributed by atoms with van der Waals surface area (Å²) in [6.07, 6.45) is 1.74. The summed E-state index contributed by atoms with van der Waals surface area (Å²) >= 11 is 0. The van der Waals surface area contributed by atoms with Crippen molar-refractivity contribution in [1.82, 2.24) is 4.57 Å². The van der Waals surface area contributed by atoms with E-state index in [-0.39, 0.29) is 35.5 Å². The summed E-state index contributed by atoms with van der Waals surface area (Å²) in [4.78, 5) is 23.9. The predicted molar refractivity (Wildman–Crippen MR) is 53.6 cm³/mol. The molecular formula is C11H13IN2O2. The summed E-state index contributed by atoms with van der Waals surface area (Å²) < 4.78 is 3.40. The highest BCUT2D eigenvalue weighted by Gasteiger charge is 2.37. The lowest BCUT2D eigenvalue weighted by molar-refractivity contribution is -0.672. The first kappa shape index (κ1) is 13.1. The minimum atomic E-state index is -0.0507. The summed E-state index contributed by atoms with van der Waals surface area (Å²) in [7, 11) is 3.55. The summed E-state index contributed by atoms with van der Waals surface area (Å²) in [6, 6.07) is 0. The van der Waals surface area contributed by atoms with Gasteiger partial charge in [-0.1, -0.05) is 0 Å². The number of Topliss-reactive ketones (excluding diaryl/α,β-unsaturated/α-hetero) is 2. The number of allylic oxidation sites excluding steroid dienone is 2. The zero-order valence-electron chi connectivity index (χ0n) is 9.67. The van der Waals surface area contributed by atoms with E-state index in [4.69, 9.17) is 0 Å². The van der Waals surface area contributed by atoms with Crippen molar-refractivity contribution in [3.63, 3.8) is 0 Å². The SMILES string of the molecule is CC1=C(C)C(=O)c2c(n(C)c[n+]2C)C1=O.[I-]. The molecule has 0 bridgehead atoms. The number of hydrogen-bond donors (Lipinski definition) is 0. The number of halogens is 1. The van der Waals surface area contributed by atoms with E-state index in [9.17, 15) is 9.59 Å². The van der Waals surface area contributed by atoms with E-state index in [1.807, 2.05) is 0 Å². The van der Waals surface area contributed by atoms with Crippen molar-refractivity contribution >= 4 is 11.6 Å². The molecule has 0 spiro atoms. The second kappa shape index (κ2) is 4.12. The van der Waals surface area contributed by atoms with Crippen molar-refractivity contribution in [2.75, 3.05) is 0 Å². The summed E-state index contributed by atoms with van der Waals surface area (Å²) in [5.41, 5.74) is 2.08. The van der Waals surface area contributed by atoms with Gasteiger partial charge in [0.25, 0.3) is 0 Å². The average Bonchev–Trinajstić information content (AvgIpc) is 2.47. The highest BCUT2D eigenvalue weighted by molar-refractivity contribution is 6.24. The number of ketones is 2. The van der Waals surface area contributed by atoms with Crippen LogP contribution >= 0.6 is 0 Å². The Balaban J connectivity index is 0.00000128. The van der Waals surface area contributed by atoms with Crippen molar-refractivity contribution in [3.8, 4) is 0 Å². The number of carbonyl (C=O) groups excluding carboxylic acids is 2. The van der Waals surface area contributed by atoms with Crippen LogP contribution < -0.4 is 28.5 Å². The molecule has 1 aliphatic rings. The molecule has 86 valence electrons. The molecule has 0 unspecified atom stereocenters. The Kier molecular flexibility index (Phi) is 3.37. The maximum atomic E-state index is 12.0. The third-order valence-electron chi connectivity index (χ3n) is 2.95. The number of carbonyl (C=O) groups is 2. The molecule has 1 aliphatic carbocycles. The van der Waals surface area contributed by atoms with Crippen molar-refractivity contribution < 1.29 is 38.1 Å². The van der Waals surface area contributed by atoms with E-state index in [1.165, 1.54) is 0 Å². The molecule has 16 heavy (non-hydrogen) atoms. The van der Waals surface area contributed by atoms with Gasteiger partial charge in [0.05, 0.1) is 14.1 Å². The lowest BCUT2D eigenvalue weighted by Gasteiger charge is -2.10. The van der Waals surface area contributed by atoms with Crippen LogP contribution in [-0.4, -0.2) is 16.1 Å². The molecule has 1 aromatic heterocycles. The van der Waals surface area contributed by atoms with Crippen molar-refractivity contribution in [1.29, 1.82) is 0 Å². The predicted octanol–water partition coefficient (Wildman–Crippen LogP) is -2.43. The summed E-state index contributed by atoms with van der Waals surface area (Å²) in [6.45, 7) is 3.40. The Labute approximate surface area is 111 Å². The molecule has 0 radical (unpaired) electrons. The molecule has 5 heteroatoms. The van der Waals surface area contributed by atoms with Crippen molar-refractivity contribution in [3.05, 3.63) is 28.9 Å². The van der Waals surface area contributed by atoms with Gasteiger partial charge in [0.2, 0.25) is 29.3 Å². The molecule has 0 atom stereocenters. The van der Waals surface area contributed by atoms with E-state index in [0.29, 0.717) is 22.5 Å². The molecule has 0 N–H and O–H groups in total. The van der Waals surface area contributed by atoms with Crippen LogP contribution in [0.1, 0.15) is 34.8 Å². The van der Waals surface area contributed by atoms with Gasteiger partial charge in [0.15, 0.2) is 0 Å². The monoisotopic (exact) mass is 332 g/mol. The van der Waals surface area contributed by atoms with Gasteiger partial charge in [-0.2, -0.15) is 0 Å². The summed E-state index contributed by atoms with van der Waals surface area (Å²) in [5, 5.41) is 0. The maximum Gasteiger partial charge on any atom is 0.244 e. The zero-order chi connectivity index (χ0) is 11.3. The first-order chi connectivity index (χ1) is 6.95. The fraction of sp³-hybridized carbons (Fsp3) is 0.364. The van der Waals surface area contributed by atoms with Crippen LogP contribution in [0.2, 0.25) is 0 Å². The van der Waals surface area contributed by atoms with Gasteiger partial charge in [0, 0.05) is 11.1 Å². The van der Waals surface area contributed by atoms with Crippen LogP contribution in [0.15, 0.2) is 17.5 Å². The minimum absolute atomic E-state index is 0. The van der Waals surface area contributed by atoms with E-state index in [0.717, 1.165) is 0 Å². The van der Waals surface area contributed by atoms with Crippen LogP contribution in [0.25, 0.3) is 0 Å². The molecule has 0 saturated heterocycles. The molecule has 0 fully saturated rings. The van der Waals surface area contributed by atoms with Gasteiger partial charge in [-0.3, -0.25) is 9.59 Å². The van der Waals surface area contributed by atoms with Crippen LogP contribution in [0.3, 0.4) is 0 Å². The molecule has 1 aromatic rings. The number of fused-ring (bicyclic) bond motifs is 1. The highest BCUT2D eigenvalue weighted by Crippen LogP contribution is 2.23. The van der Waals surface area contributed by atoms with Crippen molar-refractivity contribution in [2.45, 2.75) is 13.8 Å². The second-order valence-corrected chi connectivity index (χ2v) is 3.94. The van der Waals surface area contributed by atoms with E-state index in [1.54, 1.807) is 43.4 Å². The Morgan fingerprint density at radius 1 is 1.12 bits per heavy atom. The fourth-order valence-corrected chi connectivity index (χ4v) is 1.94. The lowest BCUT2D eigenvalue weighted by Crippen LogP contribution is -3.00. The Morgan fingerprint density at radius 3 is 2.19 bits per heavy atom. The van der Waals surface area contributed by atoms with E-state index >= 15 is 0 Å². The maximum absolute atomic E-state index is 12.0. The van der Waals surface area contributed by atoms with Crippen molar-refractivity contribution in [2.24, 2.45) is 14.1 Å². The van der Waals surface area contributed by atoms with Crippen LogP contribution in [0, 0.1) is 0 Å². The highest BCUT2D eigenvalue weighted by atomic mass is 127. The van der Waals surface area contributed by atoms with Gasteiger partial charge in [-0.05, 0) is 13.8 Å². The first-order valence-corrected chi connectivity index (χ1v) is 4.77. The minimum Gasteiger partial charge on any atom is -1.00 e. The van der Waals surface area contributed by atoms with Crippen LogP contribution in [0.4, 0.5) is 0 Å². The molecule has 0 amide bonds. The standard InChI is InChI=1S/C11H13N2O2.HI/c1-6-7(2)11(15)9-8(10(6)14)12(3)5-13(9)4;/h5H,1-4H3;1H/q+1;/p-1. The van der Waals surface area contributed by atoms with Crippen LogP contribution in [0.5, 0.6) is 0 Å². The fourth-order valence-electron chi connectivity index (χ4n) is 1.94.